The Morgan fingerprint density at radius 1 is 1.25 bits per heavy atom. The monoisotopic (exact) mass is 344 g/mol. The topological polar surface area (TPSA) is 79.3 Å². The number of benzene rings is 1. The average molecular weight is 344 g/mol. The molecule has 1 aliphatic carbocycles. The number of hydrogen-bond acceptors (Lipinski definition) is 4. The lowest BCUT2D eigenvalue weighted by molar-refractivity contribution is 0.0696. The van der Waals surface area contributed by atoms with Gasteiger partial charge in [0.15, 0.2) is 0 Å². The van der Waals surface area contributed by atoms with Crippen LogP contribution in [0.15, 0.2) is 18.2 Å². The molecule has 0 spiro atoms. The Balaban J connectivity index is 1.82. The van der Waals surface area contributed by atoms with Gasteiger partial charge in [0.1, 0.15) is 4.88 Å². The molecule has 5 nitrogen and oxygen atoms in total. The van der Waals surface area contributed by atoms with Gasteiger partial charge in [-0.3, -0.25) is 4.79 Å². The summed E-state index contributed by atoms with van der Waals surface area (Å²) in [5, 5.41) is 13.0. The molecule has 1 aliphatic rings. The number of aromatic carboxylic acids is 1. The summed E-state index contributed by atoms with van der Waals surface area (Å²) >= 11 is 1.46. The van der Waals surface area contributed by atoms with Crippen LogP contribution in [-0.4, -0.2) is 22.0 Å². The van der Waals surface area contributed by atoms with Crippen LogP contribution in [-0.2, 0) is 0 Å². The summed E-state index contributed by atoms with van der Waals surface area (Å²) in [7, 11) is 0. The fraction of sp³-hybridized carbons (Fsp3) is 0.389. The van der Waals surface area contributed by atoms with Crippen molar-refractivity contribution in [2.75, 3.05) is 5.32 Å². The van der Waals surface area contributed by atoms with Gasteiger partial charge < -0.3 is 10.4 Å². The third kappa shape index (κ3) is 3.33. The molecular weight excluding hydrogens is 324 g/mol. The molecule has 0 unspecified atom stereocenters. The number of amides is 1. The number of thiazole rings is 1. The third-order valence-electron chi connectivity index (χ3n) is 4.46. The van der Waals surface area contributed by atoms with E-state index in [2.05, 4.69) is 10.3 Å². The van der Waals surface area contributed by atoms with Gasteiger partial charge in [0.25, 0.3) is 5.91 Å². The molecule has 24 heavy (non-hydrogen) atoms. The second-order valence-corrected chi connectivity index (χ2v) is 7.27. The second kappa shape index (κ2) is 6.73. The zero-order valence-electron chi connectivity index (χ0n) is 13.8. The minimum atomic E-state index is -1.01. The first-order chi connectivity index (χ1) is 11.5. The predicted octanol–water partition coefficient (Wildman–Crippen LogP) is 4.37. The molecule has 1 saturated carbocycles. The minimum Gasteiger partial charge on any atom is -0.478 e. The molecule has 1 amide bonds. The molecule has 0 bridgehead atoms. The minimum absolute atomic E-state index is 0.156. The van der Waals surface area contributed by atoms with Crippen molar-refractivity contribution in [3.8, 4) is 0 Å². The highest BCUT2D eigenvalue weighted by atomic mass is 32.1. The lowest BCUT2D eigenvalue weighted by Gasteiger charge is -2.08. The van der Waals surface area contributed by atoms with E-state index in [1.807, 2.05) is 13.8 Å². The number of aromatic nitrogens is 1. The van der Waals surface area contributed by atoms with Crippen LogP contribution in [0.5, 0.6) is 0 Å². The van der Waals surface area contributed by atoms with Crippen LogP contribution in [0.4, 0.5) is 5.69 Å². The standard InChI is InChI=1S/C18H20N2O3S/c1-10-7-8-13(18(22)23)9-14(10)20-16(21)15-11(2)19-17(24-15)12-5-3-4-6-12/h7-9,12H,3-6H2,1-2H3,(H,20,21)(H,22,23). The van der Waals surface area contributed by atoms with Gasteiger partial charge in [0, 0.05) is 11.6 Å². The summed E-state index contributed by atoms with van der Waals surface area (Å²) in [6, 6.07) is 4.72. The van der Waals surface area contributed by atoms with Gasteiger partial charge in [-0.1, -0.05) is 18.9 Å². The number of aryl methyl sites for hydroxylation is 2. The molecule has 0 atom stereocenters. The van der Waals surface area contributed by atoms with Crippen LogP contribution in [0.2, 0.25) is 0 Å². The number of anilines is 1. The fourth-order valence-corrected chi connectivity index (χ4v) is 4.18. The van der Waals surface area contributed by atoms with Crippen molar-refractivity contribution >= 4 is 28.9 Å². The Morgan fingerprint density at radius 2 is 1.96 bits per heavy atom. The van der Waals surface area contributed by atoms with E-state index in [4.69, 9.17) is 5.11 Å². The summed E-state index contributed by atoms with van der Waals surface area (Å²) in [5.74, 6) is -0.754. The molecule has 1 heterocycles. The van der Waals surface area contributed by atoms with Crippen LogP contribution in [0.1, 0.15) is 67.9 Å². The fourth-order valence-electron chi connectivity index (χ4n) is 3.04. The van der Waals surface area contributed by atoms with E-state index >= 15 is 0 Å². The maximum atomic E-state index is 12.6. The molecule has 3 rings (SSSR count). The molecule has 0 radical (unpaired) electrons. The van der Waals surface area contributed by atoms with Crippen molar-refractivity contribution < 1.29 is 14.7 Å². The zero-order chi connectivity index (χ0) is 17.3. The molecule has 1 aromatic carbocycles. The van der Waals surface area contributed by atoms with E-state index in [1.165, 1.54) is 36.3 Å². The second-order valence-electron chi connectivity index (χ2n) is 6.24. The van der Waals surface area contributed by atoms with Gasteiger partial charge >= 0.3 is 5.97 Å². The highest BCUT2D eigenvalue weighted by Gasteiger charge is 2.24. The Kier molecular flexibility index (Phi) is 4.66. The average Bonchev–Trinajstić information content (AvgIpc) is 3.18. The summed E-state index contributed by atoms with van der Waals surface area (Å²) in [5.41, 5.74) is 2.25. The highest BCUT2D eigenvalue weighted by molar-refractivity contribution is 7.14. The molecule has 0 aliphatic heterocycles. The first kappa shape index (κ1) is 16.6. The number of carboxylic acids is 1. The molecule has 2 aromatic rings. The number of carbonyl (C=O) groups is 2. The normalized spacial score (nSPS) is 14.8. The Labute approximate surface area is 144 Å². The summed E-state index contributed by atoms with van der Waals surface area (Å²) in [6.45, 7) is 3.69. The number of carboxylic acid groups (broad SMARTS) is 1. The molecule has 1 fully saturated rings. The summed E-state index contributed by atoms with van der Waals surface area (Å²) in [6.07, 6.45) is 4.75. The Morgan fingerprint density at radius 3 is 2.62 bits per heavy atom. The first-order valence-corrected chi connectivity index (χ1v) is 8.90. The van der Waals surface area contributed by atoms with E-state index in [9.17, 15) is 9.59 Å². The Bertz CT molecular complexity index is 792. The lowest BCUT2D eigenvalue weighted by Crippen LogP contribution is -2.13. The van der Waals surface area contributed by atoms with Crippen molar-refractivity contribution in [1.82, 2.24) is 4.98 Å². The smallest absolute Gasteiger partial charge is 0.335 e. The van der Waals surface area contributed by atoms with Gasteiger partial charge in [0.2, 0.25) is 0 Å². The van der Waals surface area contributed by atoms with E-state index in [0.29, 0.717) is 16.5 Å². The van der Waals surface area contributed by atoms with Gasteiger partial charge in [-0.25, -0.2) is 9.78 Å². The van der Waals surface area contributed by atoms with Gasteiger partial charge in [-0.15, -0.1) is 11.3 Å². The molecule has 2 N–H and O–H groups in total. The maximum Gasteiger partial charge on any atom is 0.335 e. The quantitative estimate of drug-likeness (QED) is 0.863. The van der Waals surface area contributed by atoms with Crippen molar-refractivity contribution in [3.63, 3.8) is 0 Å². The summed E-state index contributed by atoms with van der Waals surface area (Å²) < 4.78 is 0. The van der Waals surface area contributed by atoms with E-state index < -0.39 is 5.97 Å². The number of rotatable bonds is 4. The Hall–Kier alpha value is -2.21. The number of nitrogens with zero attached hydrogens (tertiary/aromatic N) is 1. The van der Waals surface area contributed by atoms with Gasteiger partial charge in [-0.2, -0.15) is 0 Å². The van der Waals surface area contributed by atoms with E-state index in [1.54, 1.807) is 6.07 Å². The first-order valence-electron chi connectivity index (χ1n) is 8.08. The van der Waals surface area contributed by atoms with Crippen molar-refractivity contribution in [2.24, 2.45) is 0 Å². The molecule has 6 heteroatoms. The molecular formula is C18H20N2O3S. The van der Waals surface area contributed by atoms with Crippen LogP contribution < -0.4 is 5.32 Å². The summed E-state index contributed by atoms with van der Waals surface area (Å²) in [4.78, 5) is 28.9. The lowest BCUT2D eigenvalue weighted by atomic mass is 10.1. The zero-order valence-corrected chi connectivity index (χ0v) is 14.6. The number of carbonyl (C=O) groups excluding carboxylic acids is 1. The van der Waals surface area contributed by atoms with Crippen LogP contribution in [0.3, 0.4) is 0 Å². The predicted molar refractivity (Wildman–Crippen MR) is 94.2 cm³/mol. The molecule has 1 aromatic heterocycles. The maximum absolute atomic E-state index is 12.6. The third-order valence-corrected chi connectivity index (χ3v) is 5.78. The van der Waals surface area contributed by atoms with E-state index in [0.717, 1.165) is 29.1 Å². The van der Waals surface area contributed by atoms with Crippen LogP contribution in [0, 0.1) is 13.8 Å². The molecule has 126 valence electrons. The van der Waals surface area contributed by atoms with Crippen LogP contribution in [0.25, 0.3) is 0 Å². The SMILES string of the molecule is Cc1ccc(C(=O)O)cc1NC(=O)c1sc(C2CCCC2)nc1C. The van der Waals surface area contributed by atoms with Crippen LogP contribution >= 0.6 is 11.3 Å². The molecule has 0 saturated heterocycles. The van der Waals surface area contributed by atoms with Crippen molar-refractivity contribution in [2.45, 2.75) is 45.4 Å². The van der Waals surface area contributed by atoms with E-state index in [-0.39, 0.29) is 11.5 Å². The van der Waals surface area contributed by atoms with Crippen molar-refractivity contribution in [1.29, 1.82) is 0 Å². The van der Waals surface area contributed by atoms with Gasteiger partial charge in [0.05, 0.1) is 16.3 Å². The number of nitrogens with one attached hydrogen (secondary N) is 1. The van der Waals surface area contributed by atoms with Gasteiger partial charge in [-0.05, 0) is 44.4 Å². The van der Waals surface area contributed by atoms with Crippen molar-refractivity contribution in [3.05, 3.63) is 44.9 Å². The highest BCUT2D eigenvalue weighted by Crippen LogP contribution is 2.37. The largest absolute Gasteiger partial charge is 0.478 e. The number of hydrogen-bond donors (Lipinski definition) is 2.